The molecule has 4 atom stereocenters. The minimum atomic E-state index is 0.0191. The molecule has 21 heavy (non-hydrogen) atoms. The van der Waals surface area contributed by atoms with Gasteiger partial charge in [0.1, 0.15) is 0 Å². The van der Waals surface area contributed by atoms with Crippen LogP contribution in [-0.2, 0) is 4.79 Å². The summed E-state index contributed by atoms with van der Waals surface area (Å²) in [6.07, 6.45) is 6.85. The van der Waals surface area contributed by atoms with Crippen LogP contribution in [0.3, 0.4) is 0 Å². The molecule has 0 bridgehead atoms. The van der Waals surface area contributed by atoms with E-state index in [4.69, 9.17) is 5.73 Å². The maximum Gasteiger partial charge on any atom is 0.226 e. The van der Waals surface area contributed by atoms with Gasteiger partial charge in [-0.1, -0.05) is 34.1 Å². The maximum absolute atomic E-state index is 13.1. The first-order valence-electron chi connectivity index (χ1n) is 8.92. The fourth-order valence-corrected chi connectivity index (χ4v) is 4.31. The second kappa shape index (κ2) is 6.68. The van der Waals surface area contributed by atoms with E-state index in [0.29, 0.717) is 11.8 Å². The van der Waals surface area contributed by atoms with Crippen LogP contribution in [0.2, 0.25) is 0 Å². The van der Waals surface area contributed by atoms with Crippen LogP contribution in [0.15, 0.2) is 0 Å². The Bertz CT molecular complexity index is 366. The van der Waals surface area contributed by atoms with Crippen molar-refractivity contribution in [3.8, 4) is 0 Å². The van der Waals surface area contributed by atoms with Crippen LogP contribution >= 0.6 is 0 Å². The molecule has 2 N–H and O–H groups in total. The molecule has 0 aromatic rings. The van der Waals surface area contributed by atoms with E-state index < -0.39 is 0 Å². The zero-order chi connectivity index (χ0) is 15.6. The zero-order valence-electron chi connectivity index (χ0n) is 14.4. The van der Waals surface area contributed by atoms with E-state index in [1.54, 1.807) is 0 Å². The molecule has 1 aliphatic carbocycles. The number of rotatable bonds is 2. The topological polar surface area (TPSA) is 46.3 Å². The predicted octanol–water partition coefficient (Wildman–Crippen LogP) is 3.42. The molecule has 2 rings (SSSR count). The number of hydrogen-bond donors (Lipinski definition) is 1. The van der Waals surface area contributed by atoms with Gasteiger partial charge in [0.05, 0.1) is 0 Å². The lowest BCUT2D eigenvalue weighted by Gasteiger charge is -2.47. The van der Waals surface area contributed by atoms with Gasteiger partial charge >= 0.3 is 0 Å². The lowest BCUT2D eigenvalue weighted by Crippen LogP contribution is -2.52. The van der Waals surface area contributed by atoms with Gasteiger partial charge in [-0.25, -0.2) is 0 Å². The first kappa shape index (κ1) is 16.8. The minimum absolute atomic E-state index is 0.0191. The minimum Gasteiger partial charge on any atom is -0.342 e. The molecule has 1 amide bonds. The Labute approximate surface area is 130 Å². The average Bonchev–Trinajstić information content (AvgIpc) is 2.69. The van der Waals surface area contributed by atoms with Crippen molar-refractivity contribution >= 4 is 5.91 Å². The quantitative estimate of drug-likeness (QED) is 0.848. The molecule has 1 saturated carbocycles. The summed E-state index contributed by atoms with van der Waals surface area (Å²) < 4.78 is 0. The molecule has 0 aromatic carbocycles. The number of amides is 1. The molecule has 4 unspecified atom stereocenters. The Hall–Kier alpha value is -0.570. The van der Waals surface area contributed by atoms with Crippen molar-refractivity contribution in [1.29, 1.82) is 0 Å². The van der Waals surface area contributed by atoms with Crippen molar-refractivity contribution in [2.24, 2.45) is 28.9 Å². The largest absolute Gasteiger partial charge is 0.342 e. The summed E-state index contributed by atoms with van der Waals surface area (Å²) in [5.74, 6) is 1.78. The highest BCUT2D eigenvalue weighted by atomic mass is 16.2. The van der Waals surface area contributed by atoms with E-state index in [1.165, 1.54) is 25.7 Å². The van der Waals surface area contributed by atoms with Gasteiger partial charge in [-0.05, 0) is 49.4 Å². The average molecular weight is 294 g/mol. The Morgan fingerprint density at radius 2 is 1.90 bits per heavy atom. The first-order valence-corrected chi connectivity index (χ1v) is 8.92. The number of carbonyl (C=O) groups excluding carboxylic acids is 1. The molecule has 122 valence electrons. The van der Waals surface area contributed by atoms with Gasteiger partial charge in [0, 0.05) is 25.0 Å². The summed E-state index contributed by atoms with van der Waals surface area (Å²) in [5, 5.41) is 0. The van der Waals surface area contributed by atoms with Crippen LogP contribution in [0.25, 0.3) is 0 Å². The SMILES string of the molecule is CCC1CCCN(C(=O)C2CCC(N)C(C)C2(C)C)CC1. The number of nitrogens with zero attached hydrogens (tertiary/aromatic N) is 1. The lowest BCUT2D eigenvalue weighted by molar-refractivity contribution is -0.143. The van der Waals surface area contributed by atoms with E-state index in [-0.39, 0.29) is 17.4 Å². The third-order valence-corrected chi connectivity index (χ3v) is 6.54. The van der Waals surface area contributed by atoms with Crippen molar-refractivity contribution in [3.05, 3.63) is 0 Å². The normalized spacial score (nSPS) is 37.1. The van der Waals surface area contributed by atoms with Crippen LogP contribution in [0.4, 0.5) is 0 Å². The molecular formula is C18H34N2O. The molecule has 3 heteroatoms. The van der Waals surface area contributed by atoms with Crippen molar-refractivity contribution in [3.63, 3.8) is 0 Å². The second-order valence-electron chi connectivity index (χ2n) is 7.93. The number of hydrogen-bond acceptors (Lipinski definition) is 2. The Kier molecular flexibility index (Phi) is 5.34. The highest BCUT2D eigenvalue weighted by molar-refractivity contribution is 5.80. The molecule has 0 aromatic heterocycles. The number of carbonyl (C=O) groups is 1. The summed E-state index contributed by atoms with van der Waals surface area (Å²) in [7, 11) is 0. The van der Waals surface area contributed by atoms with Gasteiger partial charge in [0.15, 0.2) is 0 Å². The fourth-order valence-electron chi connectivity index (χ4n) is 4.31. The van der Waals surface area contributed by atoms with Gasteiger partial charge in [0.2, 0.25) is 5.91 Å². The number of nitrogens with two attached hydrogens (primary N) is 1. The van der Waals surface area contributed by atoms with Crippen LogP contribution in [0, 0.1) is 23.2 Å². The van der Waals surface area contributed by atoms with Gasteiger partial charge in [0.25, 0.3) is 0 Å². The smallest absolute Gasteiger partial charge is 0.226 e. The summed E-state index contributed by atoms with van der Waals surface area (Å²) >= 11 is 0. The third-order valence-electron chi connectivity index (χ3n) is 6.54. The van der Waals surface area contributed by atoms with E-state index in [2.05, 4.69) is 32.6 Å². The van der Waals surface area contributed by atoms with Crippen molar-refractivity contribution < 1.29 is 4.79 Å². The Balaban J connectivity index is 2.05. The lowest BCUT2D eigenvalue weighted by atomic mass is 9.60. The molecule has 1 heterocycles. The summed E-state index contributed by atoms with van der Waals surface area (Å²) in [6, 6.07) is 0.248. The monoisotopic (exact) mass is 294 g/mol. The molecule has 2 aliphatic rings. The van der Waals surface area contributed by atoms with Gasteiger partial charge in [-0.3, -0.25) is 4.79 Å². The van der Waals surface area contributed by atoms with E-state index in [1.807, 2.05) is 0 Å². The molecule has 1 aliphatic heterocycles. The molecule has 1 saturated heterocycles. The number of likely N-dealkylation sites (tertiary alicyclic amines) is 1. The van der Waals surface area contributed by atoms with E-state index in [9.17, 15) is 4.79 Å². The summed E-state index contributed by atoms with van der Waals surface area (Å²) in [6.45, 7) is 10.9. The second-order valence-corrected chi connectivity index (χ2v) is 7.93. The van der Waals surface area contributed by atoms with Crippen molar-refractivity contribution in [2.45, 2.75) is 72.3 Å². The summed E-state index contributed by atoms with van der Waals surface area (Å²) in [5.41, 5.74) is 6.25. The Morgan fingerprint density at radius 1 is 1.19 bits per heavy atom. The standard InChI is InChI=1S/C18H34N2O/c1-5-14-7-6-11-20(12-10-14)17(21)15-8-9-16(19)13(2)18(15,3)4/h13-16H,5-12,19H2,1-4H3. The van der Waals surface area contributed by atoms with Gasteiger partial charge in [-0.15, -0.1) is 0 Å². The molecule has 2 fully saturated rings. The summed E-state index contributed by atoms with van der Waals surface area (Å²) in [4.78, 5) is 15.2. The Morgan fingerprint density at radius 3 is 2.57 bits per heavy atom. The van der Waals surface area contributed by atoms with Gasteiger partial charge < -0.3 is 10.6 Å². The maximum atomic E-state index is 13.1. The van der Waals surface area contributed by atoms with Crippen LogP contribution in [-0.4, -0.2) is 29.9 Å². The molecule has 0 radical (unpaired) electrons. The third kappa shape index (κ3) is 3.44. The van der Waals surface area contributed by atoms with Crippen LogP contribution in [0.5, 0.6) is 0 Å². The molecular weight excluding hydrogens is 260 g/mol. The predicted molar refractivity (Wildman–Crippen MR) is 87.9 cm³/mol. The highest BCUT2D eigenvalue weighted by Crippen LogP contribution is 2.45. The van der Waals surface area contributed by atoms with Crippen molar-refractivity contribution in [2.75, 3.05) is 13.1 Å². The zero-order valence-corrected chi connectivity index (χ0v) is 14.4. The van der Waals surface area contributed by atoms with Crippen LogP contribution < -0.4 is 5.73 Å². The molecule has 3 nitrogen and oxygen atoms in total. The first-order chi connectivity index (χ1) is 9.87. The fraction of sp³-hybridized carbons (Fsp3) is 0.944. The van der Waals surface area contributed by atoms with Crippen molar-refractivity contribution in [1.82, 2.24) is 4.90 Å². The van der Waals surface area contributed by atoms with E-state index in [0.717, 1.165) is 31.8 Å². The van der Waals surface area contributed by atoms with E-state index >= 15 is 0 Å². The highest BCUT2D eigenvalue weighted by Gasteiger charge is 2.46. The van der Waals surface area contributed by atoms with Gasteiger partial charge in [-0.2, -0.15) is 0 Å². The van der Waals surface area contributed by atoms with Crippen LogP contribution in [0.1, 0.15) is 66.2 Å². The molecule has 0 spiro atoms.